The van der Waals surface area contributed by atoms with Crippen LogP contribution in [0.3, 0.4) is 0 Å². The number of alkyl halides is 2. The summed E-state index contributed by atoms with van der Waals surface area (Å²) in [5.74, 6) is 0.228. The van der Waals surface area contributed by atoms with Crippen LogP contribution in [0.5, 0.6) is 0 Å². The molecule has 4 nitrogen and oxygen atoms in total. The summed E-state index contributed by atoms with van der Waals surface area (Å²) in [6.07, 6.45) is -0.673. The molecule has 0 unspecified atom stereocenters. The largest absolute Gasteiger partial charge is 0.355 e. The van der Waals surface area contributed by atoms with Crippen molar-refractivity contribution in [1.82, 2.24) is 15.1 Å². The third-order valence-corrected chi connectivity index (χ3v) is 5.60. The lowest BCUT2D eigenvalue weighted by atomic mass is 9.88. The maximum absolute atomic E-state index is 12.6. The van der Waals surface area contributed by atoms with Gasteiger partial charge in [0.15, 0.2) is 0 Å². The first-order valence-electron chi connectivity index (χ1n) is 10.7. The zero-order valence-corrected chi connectivity index (χ0v) is 17.4. The predicted octanol–water partition coefficient (Wildman–Crippen LogP) is 3.60. The molecule has 1 saturated heterocycles. The summed E-state index contributed by atoms with van der Waals surface area (Å²) in [4.78, 5) is 16.3. The Hall–Kier alpha value is -2.31. The van der Waals surface area contributed by atoms with E-state index in [0.717, 1.165) is 19.4 Å². The third kappa shape index (κ3) is 7.18. The second kappa shape index (κ2) is 11.8. The third-order valence-electron chi connectivity index (χ3n) is 5.60. The molecule has 1 aliphatic heterocycles. The van der Waals surface area contributed by atoms with E-state index in [1.165, 1.54) is 11.1 Å². The number of nitrogens with zero attached hydrogens (tertiary/aromatic N) is 2. The molecule has 1 amide bonds. The summed E-state index contributed by atoms with van der Waals surface area (Å²) in [7, 11) is 0. The molecule has 2 aromatic rings. The van der Waals surface area contributed by atoms with Crippen molar-refractivity contribution < 1.29 is 13.6 Å². The van der Waals surface area contributed by atoms with Crippen molar-refractivity contribution >= 4 is 5.91 Å². The normalized spacial score (nSPS) is 16.0. The first-order chi connectivity index (χ1) is 14.6. The van der Waals surface area contributed by atoms with Crippen LogP contribution in [0.2, 0.25) is 0 Å². The smallest absolute Gasteiger partial charge is 0.251 e. The fourth-order valence-corrected chi connectivity index (χ4v) is 4.07. The number of nitrogens with one attached hydrogen (secondary N) is 1. The van der Waals surface area contributed by atoms with Crippen LogP contribution in [-0.2, 0) is 4.79 Å². The summed E-state index contributed by atoms with van der Waals surface area (Å²) < 4.78 is 25.2. The summed E-state index contributed by atoms with van der Waals surface area (Å²) in [6.45, 7) is 3.41. The molecule has 1 heterocycles. The Labute approximate surface area is 177 Å². The summed E-state index contributed by atoms with van der Waals surface area (Å²) in [5, 5.41) is 3.05. The zero-order chi connectivity index (χ0) is 21.2. The lowest BCUT2D eigenvalue weighted by molar-refractivity contribution is -0.122. The first kappa shape index (κ1) is 22.4. The van der Waals surface area contributed by atoms with Gasteiger partial charge in [0.2, 0.25) is 5.91 Å². The van der Waals surface area contributed by atoms with Crippen molar-refractivity contribution in [2.75, 3.05) is 45.8 Å². The second-order valence-electron chi connectivity index (χ2n) is 7.83. The van der Waals surface area contributed by atoms with E-state index in [4.69, 9.17) is 0 Å². The molecule has 162 valence electrons. The van der Waals surface area contributed by atoms with Crippen molar-refractivity contribution in [2.45, 2.75) is 25.2 Å². The van der Waals surface area contributed by atoms with E-state index in [0.29, 0.717) is 32.7 Å². The van der Waals surface area contributed by atoms with Crippen molar-refractivity contribution in [2.24, 2.45) is 0 Å². The van der Waals surface area contributed by atoms with Gasteiger partial charge in [-0.3, -0.25) is 14.6 Å². The predicted molar refractivity (Wildman–Crippen MR) is 116 cm³/mol. The van der Waals surface area contributed by atoms with E-state index >= 15 is 0 Å². The summed E-state index contributed by atoms with van der Waals surface area (Å²) in [6, 6.07) is 20.7. The quantitative estimate of drug-likeness (QED) is 0.680. The van der Waals surface area contributed by atoms with Crippen LogP contribution < -0.4 is 5.32 Å². The van der Waals surface area contributed by atoms with Crippen LogP contribution in [0.4, 0.5) is 8.78 Å². The Kier molecular flexibility index (Phi) is 8.78. The van der Waals surface area contributed by atoms with E-state index in [9.17, 15) is 13.6 Å². The number of amides is 1. The molecule has 3 rings (SSSR count). The number of carbonyl (C=O) groups is 1. The van der Waals surface area contributed by atoms with Gasteiger partial charge in [-0.15, -0.1) is 0 Å². The maximum Gasteiger partial charge on any atom is 0.251 e. The fraction of sp³-hybridized carbons (Fsp3) is 0.458. The Morgan fingerprint density at radius 2 is 1.43 bits per heavy atom. The average molecular weight is 416 g/mol. The lowest BCUT2D eigenvalue weighted by Crippen LogP contribution is -2.40. The van der Waals surface area contributed by atoms with Crippen molar-refractivity contribution in [3.05, 3.63) is 71.8 Å². The van der Waals surface area contributed by atoms with Crippen molar-refractivity contribution in [3.63, 3.8) is 0 Å². The fourth-order valence-electron chi connectivity index (χ4n) is 4.07. The average Bonchev–Trinajstić information content (AvgIpc) is 2.97. The molecule has 30 heavy (non-hydrogen) atoms. The Morgan fingerprint density at radius 1 is 0.867 bits per heavy atom. The molecule has 0 aromatic heterocycles. The molecule has 0 bridgehead atoms. The first-order valence-corrected chi connectivity index (χ1v) is 10.7. The molecule has 0 aliphatic carbocycles. The standard InChI is InChI=1S/C24H31F2N3O/c25-23(26)18-28-14-7-15-29(17-16-28)19-24(30)27-13-12-22(20-8-3-1-4-9-20)21-10-5-2-6-11-21/h1-6,8-11,22-23H,7,12-19H2,(H,27,30). The van der Waals surface area contributed by atoms with Crippen molar-refractivity contribution in [3.8, 4) is 0 Å². The molecule has 6 heteroatoms. The highest BCUT2D eigenvalue weighted by atomic mass is 19.3. The molecule has 1 fully saturated rings. The number of rotatable bonds is 9. The summed E-state index contributed by atoms with van der Waals surface area (Å²) in [5.41, 5.74) is 2.48. The van der Waals surface area contributed by atoms with Gasteiger partial charge in [-0.2, -0.15) is 0 Å². The van der Waals surface area contributed by atoms with E-state index in [1.807, 2.05) is 36.4 Å². The number of carbonyl (C=O) groups excluding carboxylic acids is 1. The monoisotopic (exact) mass is 415 g/mol. The van der Waals surface area contributed by atoms with Gasteiger partial charge in [0.05, 0.1) is 13.1 Å². The van der Waals surface area contributed by atoms with Gasteiger partial charge < -0.3 is 5.32 Å². The van der Waals surface area contributed by atoms with E-state index < -0.39 is 6.43 Å². The Balaban J connectivity index is 1.48. The van der Waals surface area contributed by atoms with Gasteiger partial charge in [-0.25, -0.2) is 8.78 Å². The molecule has 2 aromatic carbocycles. The number of benzene rings is 2. The minimum atomic E-state index is -2.30. The van der Waals surface area contributed by atoms with Crippen molar-refractivity contribution in [1.29, 1.82) is 0 Å². The minimum Gasteiger partial charge on any atom is -0.355 e. The SMILES string of the molecule is O=C(CN1CCCN(CC(F)F)CC1)NCCC(c1ccccc1)c1ccccc1. The van der Waals surface area contributed by atoms with Gasteiger partial charge in [-0.1, -0.05) is 60.7 Å². The highest BCUT2D eigenvalue weighted by Crippen LogP contribution is 2.27. The molecule has 1 N–H and O–H groups in total. The van der Waals surface area contributed by atoms with Gasteiger partial charge in [0.1, 0.15) is 0 Å². The van der Waals surface area contributed by atoms with Crippen LogP contribution in [-0.4, -0.2) is 67.9 Å². The highest BCUT2D eigenvalue weighted by molar-refractivity contribution is 5.78. The van der Waals surface area contributed by atoms with Crippen LogP contribution in [0.1, 0.15) is 29.9 Å². The van der Waals surface area contributed by atoms with E-state index in [-0.39, 0.29) is 18.4 Å². The zero-order valence-electron chi connectivity index (χ0n) is 17.4. The van der Waals surface area contributed by atoms with Crippen LogP contribution >= 0.6 is 0 Å². The van der Waals surface area contributed by atoms with Gasteiger partial charge in [-0.05, 0) is 37.1 Å². The summed E-state index contributed by atoms with van der Waals surface area (Å²) >= 11 is 0. The molecular formula is C24H31F2N3O. The Morgan fingerprint density at radius 3 is 2.03 bits per heavy atom. The number of halogens is 2. The van der Waals surface area contributed by atoms with Crippen LogP contribution in [0.25, 0.3) is 0 Å². The second-order valence-corrected chi connectivity index (χ2v) is 7.83. The van der Waals surface area contributed by atoms with Crippen LogP contribution in [0.15, 0.2) is 60.7 Å². The molecule has 0 saturated carbocycles. The highest BCUT2D eigenvalue weighted by Gasteiger charge is 2.19. The van der Waals surface area contributed by atoms with Gasteiger partial charge >= 0.3 is 0 Å². The molecule has 1 aliphatic rings. The molecule has 0 radical (unpaired) electrons. The number of hydrogen-bond donors (Lipinski definition) is 1. The maximum atomic E-state index is 12.6. The minimum absolute atomic E-state index is 0.00261. The molecule has 0 spiro atoms. The molecular weight excluding hydrogens is 384 g/mol. The van der Waals surface area contributed by atoms with Crippen LogP contribution in [0, 0.1) is 0 Å². The van der Waals surface area contributed by atoms with Gasteiger partial charge in [0.25, 0.3) is 6.43 Å². The number of hydrogen-bond acceptors (Lipinski definition) is 3. The topological polar surface area (TPSA) is 35.6 Å². The van der Waals surface area contributed by atoms with E-state index in [2.05, 4.69) is 34.5 Å². The van der Waals surface area contributed by atoms with Gasteiger partial charge in [0, 0.05) is 25.6 Å². The Bertz CT molecular complexity index is 718. The molecule has 0 atom stereocenters. The lowest BCUT2D eigenvalue weighted by Gasteiger charge is -2.22. The van der Waals surface area contributed by atoms with E-state index in [1.54, 1.807) is 4.90 Å².